The molecular weight excluding hydrogens is 406 g/mol. The molecule has 4 rings (SSSR count). The number of benzene rings is 1. The van der Waals surface area contributed by atoms with E-state index >= 15 is 0 Å². The lowest BCUT2D eigenvalue weighted by molar-refractivity contribution is -0.121. The zero-order chi connectivity index (χ0) is 21.3. The van der Waals surface area contributed by atoms with Crippen LogP contribution in [0.2, 0.25) is 5.02 Å². The number of nitrogens with zero attached hydrogens (tertiary/aromatic N) is 4. The number of hydrogen-bond acceptors (Lipinski definition) is 6. The average molecular weight is 428 g/mol. The van der Waals surface area contributed by atoms with Gasteiger partial charge in [-0.2, -0.15) is 0 Å². The molecule has 0 radical (unpaired) electrons. The summed E-state index contributed by atoms with van der Waals surface area (Å²) < 4.78 is 5.69. The lowest BCUT2D eigenvalue weighted by Gasteiger charge is -2.24. The van der Waals surface area contributed by atoms with Gasteiger partial charge in [0.1, 0.15) is 11.2 Å². The largest absolute Gasteiger partial charge is 0.435 e. The van der Waals surface area contributed by atoms with Crippen molar-refractivity contribution in [3.8, 4) is 11.6 Å². The van der Waals surface area contributed by atoms with E-state index in [0.29, 0.717) is 34.1 Å². The summed E-state index contributed by atoms with van der Waals surface area (Å²) in [5.41, 5.74) is 1.92. The predicted octanol–water partition coefficient (Wildman–Crippen LogP) is 3.46. The lowest BCUT2D eigenvalue weighted by atomic mass is 10.2. The Hall–Kier alpha value is -3.00. The van der Waals surface area contributed by atoms with Crippen LogP contribution in [0.25, 0.3) is 22.7 Å². The topological polar surface area (TPSA) is 101 Å². The van der Waals surface area contributed by atoms with Gasteiger partial charge >= 0.3 is 0 Å². The highest BCUT2D eigenvalue weighted by Crippen LogP contribution is 2.26. The second-order valence-corrected chi connectivity index (χ2v) is 7.87. The van der Waals surface area contributed by atoms with Crippen molar-refractivity contribution in [2.24, 2.45) is 0 Å². The molecule has 1 aliphatic rings. The summed E-state index contributed by atoms with van der Waals surface area (Å²) in [4.78, 5) is 30.5. The van der Waals surface area contributed by atoms with Crippen LogP contribution in [-0.2, 0) is 4.79 Å². The van der Waals surface area contributed by atoms with Crippen molar-refractivity contribution in [2.75, 3.05) is 7.05 Å². The Morgan fingerprint density at radius 3 is 2.80 bits per heavy atom. The molecule has 0 spiro atoms. The van der Waals surface area contributed by atoms with E-state index in [0.717, 1.165) is 19.3 Å². The van der Waals surface area contributed by atoms with E-state index in [-0.39, 0.29) is 29.6 Å². The third-order valence-corrected chi connectivity index (χ3v) is 5.65. The summed E-state index contributed by atoms with van der Waals surface area (Å²) in [6.07, 6.45) is 2.91. The number of fused-ring (bicyclic) bond motifs is 1. The standard InChI is InChI=1S/C21H22ClN5O3/c1-3-19(28)23-13-5-6-14(11-13)27(2)21(29)17-9-8-16(25-26-17)20-24-15-7-4-12(22)10-18(15)30-20/h4,7-10,13-14H,3,5-6,11H2,1-2H3,(H,23,28)/t13-,14+/m0/s1. The molecule has 1 aliphatic carbocycles. The van der Waals surface area contributed by atoms with Crippen molar-refractivity contribution in [1.29, 1.82) is 0 Å². The van der Waals surface area contributed by atoms with Crippen LogP contribution in [0, 0.1) is 0 Å². The average Bonchev–Trinajstić information content (AvgIpc) is 3.39. The summed E-state index contributed by atoms with van der Waals surface area (Å²) in [5.74, 6) is 0.154. The fraction of sp³-hybridized carbons (Fsp3) is 0.381. The first-order chi connectivity index (χ1) is 14.4. The Morgan fingerprint density at radius 2 is 2.07 bits per heavy atom. The van der Waals surface area contributed by atoms with Crippen LogP contribution in [-0.4, -0.2) is 51.0 Å². The molecule has 1 saturated carbocycles. The Balaban J connectivity index is 1.44. The molecule has 0 aliphatic heterocycles. The quantitative estimate of drug-likeness (QED) is 0.669. The van der Waals surface area contributed by atoms with Gasteiger partial charge in [-0.1, -0.05) is 18.5 Å². The number of oxazole rings is 1. The van der Waals surface area contributed by atoms with Crippen molar-refractivity contribution >= 4 is 34.5 Å². The first-order valence-electron chi connectivity index (χ1n) is 9.91. The maximum absolute atomic E-state index is 12.8. The third kappa shape index (κ3) is 4.14. The highest BCUT2D eigenvalue weighted by Gasteiger charge is 2.31. The van der Waals surface area contributed by atoms with E-state index in [1.807, 2.05) is 6.92 Å². The molecule has 9 heteroatoms. The van der Waals surface area contributed by atoms with Crippen LogP contribution < -0.4 is 5.32 Å². The van der Waals surface area contributed by atoms with E-state index in [1.54, 1.807) is 42.3 Å². The number of aromatic nitrogens is 3. The normalized spacial score (nSPS) is 18.5. The van der Waals surface area contributed by atoms with Crippen molar-refractivity contribution in [1.82, 2.24) is 25.4 Å². The molecule has 0 unspecified atom stereocenters. The summed E-state index contributed by atoms with van der Waals surface area (Å²) in [7, 11) is 1.76. The number of carbonyl (C=O) groups excluding carboxylic acids is 2. The molecule has 156 valence electrons. The van der Waals surface area contributed by atoms with Crippen LogP contribution in [0.5, 0.6) is 0 Å². The third-order valence-electron chi connectivity index (χ3n) is 5.41. The van der Waals surface area contributed by atoms with Crippen molar-refractivity contribution in [3.63, 3.8) is 0 Å². The Kier molecular flexibility index (Phi) is 5.67. The van der Waals surface area contributed by atoms with Gasteiger partial charge in [0.2, 0.25) is 11.8 Å². The maximum Gasteiger partial charge on any atom is 0.274 e. The van der Waals surface area contributed by atoms with Gasteiger partial charge in [-0.3, -0.25) is 9.59 Å². The summed E-state index contributed by atoms with van der Waals surface area (Å²) >= 11 is 5.98. The second kappa shape index (κ2) is 8.39. The molecule has 1 aromatic carbocycles. The summed E-state index contributed by atoms with van der Waals surface area (Å²) in [5, 5.41) is 11.8. The number of rotatable bonds is 5. The Labute approximate surface area is 178 Å². The number of hydrogen-bond donors (Lipinski definition) is 1. The molecule has 30 heavy (non-hydrogen) atoms. The van der Waals surface area contributed by atoms with Crippen LogP contribution >= 0.6 is 11.6 Å². The number of carbonyl (C=O) groups is 2. The predicted molar refractivity (Wildman–Crippen MR) is 112 cm³/mol. The van der Waals surface area contributed by atoms with Gasteiger partial charge in [0.05, 0.1) is 0 Å². The van der Waals surface area contributed by atoms with Crippen molar-refractivity contribution < 1.29 is 14.0 Å². The van der Waals surface area contributed by atoms with E-state index < -0.39 is 0 Å². The summed E-state index contributed by atoms with van der Waals surface area (Å²) in [6.45, 7) is 1.83. The molecule has 2 aromatic heterocycles. The molecular formula is C21H22ClN5O3. The number of amides is 2. The minimum Gasteiger partial charge on any atom is -0.435 e. The van der Waals surface area contributed by atoms with Crippen LogP contribution in [0.4, 0.5) is 0 Å². The van der Waals surface area contributed by atoms with E-state index in [9.17, 15) is 9.59 Å². The number of halogens is 1. The van der Waals surface area contributed by atoms with Crippen molar-refractivity contribution in [2.45, 2.75) is 44.7 Å². The number of nitrogens with one attached hydrogen (secondary N) is 1. The molecule has 1 N–H and O–H groups in total. The monoisotopic (exact) mass is 427 g/mol. The molecule has 2 amide bonds. The van der Waals surface area contributed by atoms with E-state index in [2.05, 4.69) is 20.5 Å². The van der Waals surface area contributed by atoms with E-state index in [4.69, 9.17) is 16.0 Å². The van der Waals surface area contributed by atoms with Crippen LogP contribution in [0.15, 0.2) is 34.7 Å². The van der Waals surface area contributed by atoms with Crippen molar-refractivity contribution in [3.05, 3.63) is 41.0 Å². The van der Waals surface area contributed by atoms with Gasteiger partial charge in [-0.25, -0.2) is 4.98 Å². The van der Waals surface area contributed by atoms with Gasteiger partial charge in [0, 0.05) is 36.6 Å². The zero-order valence-electron chi connectivity index (χ0n) is 16.8. The van der Waals surface area contributed by atoms with Gasteiger partial charge in [0.15, 0.2) is 11.3 Å². The first-order valence-corrected chi connectivity index (χ1v) is 10.3. The lowest BCUT2D eigenvalue weighted by Crippen LogP contribution is -2.38. The molecule has 3 aromatic rings. The second-order valence-electron chi connectivity index (χ2n) is 7.44. The highest BCUT2D eigenvalue weighted by atomic mass is 35.5. The van der Waals surface area contributed by atoms with Gasteiger partial charge in [-0.15, -0.1) is 10.2 Å². The molecule has 0 saturated heterocycles. The van der Waals surface area contributed by atoms with Gasteiger partial charge in [-0.05, 0) is 43.5 Å². The van der Waals surface area contributed by atoms with Crippen LogP contribution in [0.3, 0.4) is 0 Å². The molecule has 0 bridgehead atoms. The minimum absolute atomic E-state index is 0.0394. The molecule has 2 atom stereocenters. The SMILES string of the molecule is CCC(=O)N[C@H]1CC[C@@H](N(C)C(=O)c2ccc(-c3nc4ccc(Cl)cc4o3)nn2)C1. The smallest absolute Gasteiger partial charge is 0.274 e. The minimum atomic E-state index is -0.203. The first kappa shape index (κ1) is 20.3. The highest BCUT2D eigenvalue weighted by molar-refractivity contribution is 6.31. The van der Waals surface area contributed by atoms with Crippen LogP contribution in [0.1, 0.15) is 43.1 Å². The van der Waals surface area contributed by atoms with E-state index in [1.165, 1.54) is 0 Å². The Morgan fingerprint density at radius 1 is 1.23 bits per heavy atom. The molecule has 1 fully saturated rings. The molecule has 2 heterocycles. The van der Waals surface area contributed by atoms with Gasteiger partial charge < -0.3 is 14.6 Å². The summed E-state index contributed by atoms with van der Waals surface area (Å²) in [6, 6.07) is 8.64. The zero-order valence-corrected chi connectivity index (χ0v) is 17.5. The maximum atomic E-state index is 12.8. The fourth-order valence-electron chi connectivity index (χ4n) is 3.69. The fourth-order valence-corrected chi connectivity index (χ4v) is 3.85. The Bertz CT molecular complexity index is 1080. The molecule has 8 nitrogen and oxygen atoms in total. The van der Waals surface area contributed by atoms with Gasteiger partial charge in [0.25, 0.3) is 5.91 Å².